The third-order valence-corrected chi connectivity index (χ3v) is 6.15. The molecule has 0 amide bonds. The second kappa shape index (κ2) is 6.44. The zero-order valence-corrected chi connectivity index (χ0v) is 13.1. The molecule has 1 aromatic carbocycles. The van der Waals surface area contributed by atoms with Gasteiger partial charge in [-0.15, -0.1) is 0 Å². The molecular weight excluding hydrogens is 286 g/mol. The average molecular weight is 309 g/mol. The van der Waals surface area contributed by atoms with Crippen LogP contribution in [-0.4, -0.2) is 56.9 Å². The summed E-state index contributed by atoms with van der Waals surface area (Å²) in [7, 11) is -3.28. The summed E-state index contributed by atoms with van der Waals surface area (Å²) < 4.78 is 26.5. The lowest BCUT2D eigenvalue weighted by molar-refractivity contribution is 0.233. The van der Waals surface area contributed by atoms with E-state index in [0.717, 1.165) is 45.6 Å². The van der Waals surface area contributed by atoms with Gasteiger partial charge in [0.2, 0.25) is 10.0 Å². The van der Waals surface area contributed by atoms with Crippen LogP contribution in [0.1, 0.15) is 18.4 Å². The topological polar surface area (TPSA) is 52.7 Å². The third-order valence-electron chi connectivity index (χ3n) is 4.24. The molecule has 6 heteroatoms. The Morgan fingerprint density at radius 1 is 0.952 bits per heavy atom. The predicted molar refractivity (Wildman–Crippen MR) is 82.6 cm³/mol. The highest BCUT2D eigenvalue weighted by Gasteiger charge is 2.26. The molecule has 116 valence electrons. The van der Waals surface area contributed by atoms with E-state index in [-0.39, 0.29) is 0 Å². The van der Waals surface area contributed by atoms with Gasteiger partial charge in [-0.3, -0.25) is 4.90 Å². The Morgan fingerprint density at radius 3 is 2.19 bits per heavy atom. The predicted octanol–water partition coefficient (Wildman–Crippen LogP) is 0.876. The van der Waals surface area contributed by atoms with E-state index in [1.807, 2.05) is 12.1 Å². The SMILES string of the molecule is O=S(=O)(c1ccc(CN2CCNCC2)cc1)N1CCCC1. The van der Waals surface area contributed by atoms with E-state index in [1.165, 1.54) is 5.56 Å². The number of benzene rings is 1. The van der Waals surface area contributed by atoms with E-state index >= 15 is 0 Å². The molecule has 1 aromatic rings. The fraction of sp³-hybridized carbons (Fsp3) is 0.600. The van der Waals surface area contributed by atoms with Crippen LogP contribution in [0.4, 0.5) is 0 Å². The quantitative estimate of drug-likeness (QED) is 0.897. The molecule has 3 rings (SSSR count). The maximum Gasteiger partial charge on any atom is 0.243 e. The third kappa shape index (κ3) is 3.45. The molecule has 21 heavy (non-hydrogen) atoms. The number of hydrogen-bond acceptors (Lipinski definition) is 4. The molecule has 2 saturated heterocycles. The lowest BCUT2D eigenvalue weighted by Crippen LogP contribution is -2.42. The van der Waals surface area contributed by atoms with Crippen molar-refractivity contribution in [3.8, 4) is 0 Å². The smallest absolute Gasteiger partial charge is 0.243 e. The van der Waals surface area contributed by atoms with E-state index in [4.69, 9.17) is 0 Å². The van der Waals surface area contributed by atoms with Crippen LogP contribution in [0.5, 0.6) is 0 Å². The lowest BCUT2D eigenvalue weighted by Gasteiger charge is -2.27. The molecule has 1 N–H and O–H groups in total. The van der Waals surface area contributed by atoms with Gasteiger partial charge in [0.1, 0.15) is 0 Å². The van der Waals surface area contributed by atoms with Gasteiger partial charge in [0, 0.05) is 45.8 Å². The Kier molecular flexibility index (Phi) is 4.59. The van der Waals surface area contributed by atoms with Crippen LogP contribution in [0, 0.1) is 0 Å². The molecule has 0 saturated carbocycles. The van der Waals surface area contributed by atoms with Gasteiger partial charge in [-0.1, -0.05) is 12.1 Å². The Hall–Kier alpha value is -0.950. The molecule has 5 nitrogen and oxygen atoms in total. The summed E-state index contributed by atoms with van der Waals surface area (Å²) in [5.41, 5.74) is 1.18. The van der Waals surface area contributed by atoms with Crippen molar-refractivity contribution in [3.63, 3.8) is 0 Å². The summed E-state index contributed by atoms with van der Waals surface area (Å²) in [6.07, 6.45) is 1.95. The number of sulfonamides is 1. The number of hydrogen-bond donors (Lipinski definition) is 1. The van der Waals surface area contributed by atoms with E-state index in [2.05, 4.69) is 10.2 Å². The van der Waals surface area contributed by atoms with Gasteiger partial charge in [0.15, 0.2) is 0 Å². The van der Waals surface area contributed by atoms with E-state index < -0.39 is 10.0 Å². The first kappa shape index (κ1) is 15.0. The highest BCUT2D eigenvalue weighted by molar-refractivity contribution is 7.89. The highest BCUT2D eigenvalue weighted by Crippen LogP contribution is 2.21. The van der Waals surface area contributed by atoms with Crippen molar-refractivity contribution in [2.24, 2.45) is 0 Å². The summed E-state index contributed by atoms with van der Waals surface area (Å²) in [5.74, 6) is 0. The summed E-state index contributed by atoms with van der Waals surface area (Å²) in [6.45, 7) is 6.37. The molecule has 0 aromatic heterocycles. The second-order valence-electron chi connectivity index (χ2n) is 5.78. The maximum atomic E-state index is 12.4. The van der Waals surface area contributed by atoms with Crippen LogP contribution >= 0.6 is 0 Å². The first-order valence-electron chi connectivity index (χ1n) is 7.68. The molecule has 2 heterocycles. The van der Waals surface area contributed by atoms with Gasteiger partial charge in [-0.05, 0) is 30.5 Å². The van der Waals surface area contributed by atoms with Crippen molar-refractivity contribution >= 4 is 10.0 Å². The summed E-state index contributed by atoms with van der Waals surface area (Å²) in [6, 6.07) is 7.41. The minimum Gasteiger partial charge on any atom is -0.314 e. The molecule has 0 unspecified atom stereocenters. The zero-order chi connectivity index (χ0) is 14.7. The van der Waals surface area contributed by atoms with E-state index in [0.29, 0.717) is 18.0 Å². The molecule has 0 radical (unpaired) electrons. The summed E-state index contributed by atoms with van der Waals surface area (Å²) >= 11 is 0. The van der Waals surface area contributed by atoms with Crippen LogP contribution in [0.15, 0.2) is 29.2 Å². The minimum absolute atomic E-state index is 0.425. The van der Waals surface area contributed by atoms with Crippen LogP contribution in [0.3, 0.4) is 0 Å². The normalized spacial score (nSPS) is 21.7. The fourth-order valence-corrected chi connectivity index (χ4v) is 4.49. The van der Waals surface area contributed by atoms with Crippen molar-refractivity contribution in [1.29, 1.82) is 0 Å². The number of rotatable bonds is 4. The molecule has 2 aliphatic heterocycles. The van der Waals surface area contributed by atoms with Crippen molar-refractivity contribution in [1.82, 2.24) is 14.5 Å². The number of piperazine rings is 1. The maximum absolute atomic E-state index is 12.4. The Bertz CT molecular complexity index is 559. The van der Waals surface area contributed by atoms with Crippen molar-refractivity contribution < 1.29 is 8.42 Å². The largest absolute Gasteiger partial charge is 0.314 e. The first-order chi connectivity index (χ1) is 10.2. The van der Waals surface area contributed by atoms with Gasteiger partial charge < -0.3 is 5.32 Å². The molecule has 0 bridgehead atoms. The number of nitrogens with zero attached hydrogens (tertiary/aromatic N) is 2. The van der Waals surface area contributed by atoms with E-state index in [9.17, 15) is 8.42 Å². The fourth-order valence-electron chi connectivity index (χ4n) is 2.97. The first-order valence-corrected chi connectivity index (χ1v) is 9.12. The van der Waals surface area contributed by atoms with Crippen molar-refractivity contribution in [2.75, 3.05) is 39.3 Å². The standard InChI is InChI=1S/C15H23N3O2S/c19-21(20,18-9-1-2-10-18)15-5-3-14(4-6-15)13-17-11-7-16-8-12-17/h3-6,16H,1-2,7-13H2. The van der Waals surface area contributed by atoms with Crippen LogP contribution in [0.2, 0.25) is 0 Å². The van der Waals surface area contributed by atoms with Crippen molar-refractivity contribution in [2.45, 2.75) is 24.3 Å². The van der Waals surface area contributed by atoms with Crippen LogP contribution < -0.4 is 5.32 Å². The van der Waals surface area contributed by atoms with Gasteiger partial charge >= 0.3 is 0 Å². The van der Waals surface area contributed by atoms with Gasteiger partial charge in [0.05, 0.1) is 4.90 Å². The summed E-state index contributed by atoms with van der Waals surface area (Å²) in [4.78, 5) is 2.81. The van der Waals surface area contributed by atoms with Crippen molar-refractivity contribution in [3.05, 3.63) is 29.8 Å². The Morgan fingerprint density at radius 2 is 1.57 bits per heavy atom. The molecule has 0 spiro atoms. The number of nitrogens with one attached hydrogen (secondary N) is 1. The highest BCUT2D eigenvalue weighted by atomic mass is 32.2. The zero-order valence-electron chi connectivity index (χ0n) is 12.3. The molecule has 0 aliphatic carbocycles. The lowest BCUT2D eigenvalue weighted by atomic mass is 10.2. The van der Waals surface area contributed by atoms with Gasteiger partial charge in [-0.25, -0.2) is 8.42 Å². The van der Waals surface area contributed by atoms with Gasteiger partial charge in [0.25, 0.3) is 0 Å². The molecule has 2 aliphatic rings. The Balaban J connectivity index is 1.68. The average Bonchev–Trinajstić information content (AvgIpc) is 3.04. The van der Waals surface area contributed by atoms with Gasteiger partial charge in [-0.2, -0.15) is 4.31 Å². The van der Waals surface area contributed by atoms with Crippen LogP contribution in [0.25, 0.3) is 0 Å². The minimum atomic E-state index is -3.28. The Labute approximate surface area is 127 Å². The molecule has 2 fully saturated rings. The summed E-state index contributed by atoms with van der Waals surface area (Å²) in [5, 5.41) is 3.33. The van der Waals surface area contributed by atoms with Crippen LogP contribution in [-0.2, 0) is 16.6 Å². The monoisotopic (exact) mass is 309 g/mol. The van der Waals surface area contributed by atoms with E-state index in [1.54, 1.807) is 16.4 Å². The molecular formula is C15H23N3O2S. The molecule has 0 atom stereocenters. The second-order valence-corrected chi connectivity index (χ2v) is 7.72.